The van der Waals surface area contributed by atoms with Crippen molar-refractivity contribution >= 4 is 40.2 Å². The van der Waals surface area contributed by atoms with Crippen molar-refractivity contribution < 1.29 is 22.3 Å². The summed E-state index contributed by atoms with van der Waals surface area (Å²) < 4.78 is 50.7. The van der Waals surface area contributed by atoms with Crippen LogP contribution in [-0.4, -0.2) is 20.4 Å². The van der Waals surface area contributed by atoms with E-state index in [1.54, 1.807) is 0 Å². The van der Waals surface area contributed by atoms with E-state index in [0.717, 1.165) is 0 Å². The van der Waals surface area contributed by atoms with Gasteiger partial charge in [-0.15, -0.1) is 0 Å². The third kappa shape index (κ3) is 4.70. The largest absolute Gasteiger partial charge is 0.480 e. The van der Waals surface area contributed by atoms with Crippen LogP contribution in [0.4, 0.5) is 13.2 Å². The summed E-state index contributed by atoms with van der Waals surface area (Å²) in [7, 11) is -0.831. The minimum atomic E-state index is -4.58. The highest BCUT2D eigenvalue weighted by Crippen LogP contribution is 2.43. The summed E-state index contributed by atoms with van der Waals surface area (Å²) in [6.07, 6.45) is -4.58. The fourth-order valence-electron chi connectivity index (χ4n) is 1.49. The minimum Gasteiger partial charge on any atom is -0.480 e. The summed E-state index contributed by atoms with van der Waals surface area (Å²) in [5.41, 5.74) is -0.680. The number of aromatic nitrogens is 1. The van der Waals surface area contributed by atoms with Crippen molar-refractivity contribution in [3.8, 4) is 5.88 Å². The monoisotopic (exact) mass is 477 g/mol. The number of nitrogens with zero attached hydrogens (tertiary/aromatic N) is 1. The molecule has 0 bridgehead atoms. The van der Waals surface area contributed by atoms with Crippen molar-refractivity contribution in [3.05, 3.63) is 20.2 Å². The number of hydrogen-bond donors (Lipinski definition) is 0. The Morgan fingerprint density at radius 3 is 2.00 bits per heavy atom. The standard InChI is InChI=1S/C14H20Br2F3NO2Si/c1-13(2,3)23(5,6)22-7-8-9(15)11(14(17,18)19)20-12(21-4)10(8)16/h7H2,1-6H3. The van der Waals surface area contributed by atoms with Crippen LogP contribution in [0.25, 0.3) is 0 Å². The van der Waals surface area contributed by atoms with E-state index in [0.29, 0.717) is 10.0 Å². The van der Waals surface area contributed by atoms with Crippen molar-refractivity contribution in [3.63, 3.8) is 0 Å². The Bertz CT molecular complexity index is 587. The van der Waals surface area contributed by atoms with Gasteiger partial charge in [-0.2, -0.15) is 13.2 Å². The highest BCUT2D eigenvalue weighted by atomic mass is 79.9. The zero-order valence-corrected chi connectivity index (χ0v) is 18.0. The Morgan fingerprint density at radius 1 is 1.09 bits per heavy atom. The second-order valence-electron chi connectivity index (χ2n) is 6.62. The van der Waals surface area contributed by atoms with Crippen molar-refractivity contribution in [1.82, 2.24) is 4.98 Å². The molecule has 23 heavy (non-hydrogen) atoms. The lowest BCUT2D eigenvalue weighted by Crippen LogP contribution is -2.40. The fourth-order valence-corrected chi connectivity index (χ4v) is 3.88. The van der Waals surface area contributed by atoms with Crippen LogP contribution in [0.3, 0.4) is 0 Å². The number of rotatable bonds is 4. The normalized spacial score (nSPS) is 13.3. The van der Waals surface area contributed by atoms with Crippen molar-refractivity contribution in [2.75, 3.05) is 7.11 Å². The molecular weight excluding hydrogens is 459 g/mol. The van der Waals surface area contributed by atoms with Crippen molar-refractivity contribution in [2.45, 2.75) is 51.7 Å². The number of alkyl halides is 3. The van der Waals surface area contributed by atoms with Gasteiger partial charge in [-0.05, 0) is 50.0 Å². The third-order valence-electron chi connectivity index (χ3n) is 3.98. The first-order valence-electron chi connectivity index (χ1n) is 6.85. The van der Waals surface area contributed by atoms with Gasteiger partial charge >= 0.3 is 6.18 Å². The van der Waals surface area contributed by atoms with Crippen molar-refractivity contribution in [2.24, 2.45) is 0 Å². The van der Waals surface area contributed by atoms with E-state index in [1.165, 1.54) is 7.11 Å². The molecule has 0 radical (unpaired) electrons. The topological polar surface area (TPSA) is 31.4 Å². The molecule has 0 N–H and O–H groups in total. The molecule has 0 aliphatic heterocycles. The average molecular weight is 479 g/mol. The molecule has 0 amide bonds. The second-order valence-corrected chi connectivity index (χ2v) is 13.0. The average Bonchev–Trinajstić information content (AvgIpc) is 2.35. The van der Waals surface area contributed by atoms with Crippen LogP contribution in [0, 0.1) is 0 Å². The Kier molecular flexibility index (Phi) is 6.38. The van der Waals surface area contributed by atoms with Crippen LogP contribution in [-0.2, 0) is 17.2 Å². The van der Waals surface area contributed by atoms with Gasteiger partial charge in [0, 0.05) is 5.56 Å². The fraction of sp³-hybridized carbons (Fsp3) is 0.643. The van der Waals surface area contributed by atoms with Gasteiger partial charge in [0.15, 0.2) is 14.0 Å². The molecule has 0 aliphatic rings. The van der Waals surface area contributed by atoms with E-state index in [1.807, 2.05) is 13.1 Å². The van der Waals surface area contributed by atoms with E-state index in [2.05, 4.69) is 57.6 Å². The van der Waals surface area contributed by atoms with Gasteiger partial charge in [0.25, 0.3) is 0 Å². The molecule has 1 aromatic heterocycles. The third-order valence-corrected chi connectivity index (χ3v) is 10.1. The van der Waals surface area contributed by atoms with Gasteiger partial charge in [0.1, 0.15) is 0 Å². The maximum absolute atomic E-state index is 13.1. The molecule has 132 valence electrons. The van der Waals surface area contributed by atoms with Gasteiger partial charge in [-0.3, -0.25) is 0 Å². The van der Waals surface area contributed by atoms with Crippen LogP contribution in [0.5, 0.6) is 5.88 Å². The first-order valence-corrected chi connectivity index (χ1v) is 11.3. The Labute approximate surface area is 152 Å². The van der Waals surface area contributed by atoms with Gasteiger partial charge in [0.2, 0.25) is 5.88 Å². The lowest BCUT2D eigenvalue weighted by molar-refractivity contribution is -0.142. The van der Waals surface area contributed by atoms with Crippen LogP contribution in [0.2, 0.25) is 18.1 Å². The Balaban J connectivity index is 3.31. The number of pyridine rings is 1. The highest BCUT2D eigenvalue weighted by Gasteiger charge is 2.40. The molecule has 0 unspecified atom stereocenters. The number of ether oxygens (including phenoxy) is 1. The van der Waals surface area contributed by atoms with Gasteiger partial charge < -0.3 is 9.16 Å². The molecule has 3 nitrogen and oxygen atoms in total. The molecule has 0 spiro atoms. The molecular formula is C14H20Br2F3NO2Si. The predicted octanol–water partition coefficient (Wildman–Crippen LogP) is 6.16. The quantitative estimate of drug-likeness (QED) is 0.486. The number of methoxy groups -OCH3 is 1. The summed E-state index contributed by atoms with van der Waals surface area (Å²) in [5, 5.41) is -0.0457. The van der Waals surface area contributed by atoms with E-state index in [-0.39, 0.29) is 22.0 Å². The van der Waals surface area contributed by atoms with Gasteiger partial charge in [0.05, 0.1) is 22.7 Å². The Hall–Kier alpha value is -0.123. The lowest BCUT2D eigenvalue weighted by atomic mass is 10.2. The smallest absolute Gasteiger partial charge is 0.434 e. The second kappa shape index (κ2) is 7.01. The molecule has 0 fully saturated rings. The van der Waals surface area contributed by atoms with E-state index >= 15 is 0 Å². The molecule has 9 heteroatoms. The summed E-state index contributed by atoms with van der Waals surface area (Å²) in [5.74, 6) is -0.116. The lowest BCUT2D eigenvalue weighted by Gasteiger charge is -2.36. The van der Waals surface area contributed by atoms with E-state index in [4.69, 9.17) is 9.16 Å². The molecule has 0 atom stereocenters. The summed E-state index contributed by atoms with van der Waals surface area (Å²) in [6.45, 7) is 10.3. The summed E-state index contributed by atoms with van der Waals surface area (Å²) >= 11 is 6.28. The zero-order chi connectivity index (χ0) is 18.2. The zero-order valence-electron chi connectivity index (χ0n) is 13.9. The summed E-state index contributed by atoms with van der Waals surface area (Å²) in [4.78, 5) is 3.53. The van der Waals surface area contributed by atoms with Gasteiger partial charge in [-0.25, -0.2) is 4.98 Å². The maximum Gasteiger partial charge on any atom is 0.434 e. The minimum absolute atomic E-state index is 0.0413. The van der Waals surface area contributed by atoms with Crippen LogP contribution >= 0.6 is 31.9 Å². The summed E-state index contributed by atoms with van der Waals surface area (Å²) in [6, 6.07) is 0. The SMILES string of the molecule is COc1nc(C(F)(F)F)c(Br)c(CO[Si](C)(C)C(C)(C)C)c1Br. The highest BCUT2D eigenvalue weighted by molar-refractivity contribution is 9.11. The predicted molar refractivity (Wildman–Crippen MR) is 93.2 cm³/mol. The molecule has 0 aromatic carbocycles. The molecule has 0 saturated heterocycles. The first kappa shape index (κ1) is 20.9. The molecule has 0 saturated carbocycles. The number of halogens is 5. The van der Waals surface area contributed by atoms with Gasteiger partial charge in [-0.1, -0.05) is 20.8 Å². The molecule has 1 rings (SSSR count). The first-order chi connectivity index (χ1) is 10.2. The van der Waals surface area contributed by atoms with E-state index in [9.17, 15) is 13.2 Å². The molecule has 1 aromatic rings. The van der Waals surface area contributed by atoms with E-state index < -0.39 is 20.2 Å². The number of hydrogen-bond acceptors (Lipinski definition) is 3. The van der Waals surface area contributed by atoms with Crippen LogP contribution < -0.4 is 4.74 Å². The maximum atomic E-state index is 13.1. The van der Waals surface area contributed by atoms with Crippen LogP contribution in [0.15, 0.2) is 8.95 Å². The molecule has 1 heterocycles. The molecule has 0 aliphatic carbocycles. The van der Waals surface area contributed by atoms with Crippen LogP contribution in [0.1, 0.15) is 32.0 Å². The van der Waals surface area contributed by atoms with Crippen molar-refractivity contribution in [1.29, 1.82) is 0 Å². The Morgan fingerprint density at radius 2 is 1.61 bits per heavy atom.